The van der Waals surface area contributed by atoms with E-state index in [2.05, 4.69) is 5.32 Å². The topological polar surface area (TPSA) is 73.9 Å². The number of anilines is 1. The highest BCUT2D eigenvalue weighted by Crippen LogP contribution is 2.16. The molecule has 0 radical (unpaired) electrons. The summed E-state index contributed by atoms with van der Waals surface area (Å²) in [4.78, 5) is 23.4. The van der Waals surface area contributed by atoms with Gasteiger partial charge in [-0.25, -0.2) is 0 Å². The zero-order valence-electron chi connectivity index (χ0n) is 14.3. The van der Waals surface area contributed by atoms with Crippen LogP contribution in [0.4, 0.5) is 5.69 Å². The molecule has 6 heteroatoms. The van der Waals surface area contributed by atoms with Crippen molar-refractivity contribution < 1.29 is 23.8 Å². The van der Waals surface area contributed by atoms with Crippen molar-refractivity contribution in [1.29, 1.82) is 0 Å². The maximum Gasteiger partial charge on any atom is 0.309 e. The van der Waals surface area contributed by atoms with Gasteiger partial charge in [0.05, 0.1) is 20.1 Å². The van der Waals surface area contributed by atoms with Gasteiger partial charge in [-0.05, 0) is 31.2 Å². The van der Waals surface area contributed by atoms with Crippen LogP contribution in [-0.2, 0) is 14.3 Å². The Morgan fingerprint density at radius 3 is 2.52 bits per heavy atom. The normalized spacial score (nSPS) is 10.0. The summed E-state index contributed by atoms with van der Waals surface area (Å²) in [6, 6.07) is 14.4. The summed E-state index contributed by atoms with van der Waals surface area (Å²) in [6.07, 6.45) is 0.0698. The summed E-state index contributed by atoms with van der Waals surface area (Å²) in [5.41, 5.74) is 1.71. The molecule has 0 aliphatic rings. The molecule has 0 saturated heterocycles. The number of carbonyl (C=O) groups excluding carboxylic acids is 2. The average molecular weight is 343 g/mol. The molecule has 0 aromatic heterocycles. The second-order valence-corrected chi connectivity index (χ2v) is 5.35. The van der Waals surface area contributed by atoms with Gasteiger partial charge in [-0.2, -0.15) is 0 Å². The van der Waals surface area contributed by atoms with E-state index >= 15 is 0 Å². The minimum absolute atomic E-state index is 0.0698. The second-order valence-electron chi connectivity index (χ2n) is 5.35. The zero-order chi connectivity index (χ0) is 18.1. The molecule has 0 spiro atoms. The summed E-state index contributed by atoms with van der Waals surface area (Å²) in [5.74, 6) is 0.408. The first-order valence-electron chi connectivity index (χ1n) is 7.86. The lowest BCUT2D eigenvalue weighted by Gasteiger charge is -2.08. The van der Waals surface area contributed by atoms with E-state index in [-0.39, 0.29) is 19.6 Å². The molecule has 0 saturated carbocycles. The van der Waals surface area contributed by atoms with E-state index < -0.39 is 11.9 Å². The molecule has 0 bridgehead atoms. The van der Waals surface area contributed by atoms with Crippen molar-refractivity contribution in [2.24, 2.45) is 0 Å². The number of carbonyl (C=O) groups is 2. The monoisotopic (exact) mass is 343 g/mol. The Balaban J connectivity index is 1.66. The number of hydrogen-bond acceptors (Lipinski definition) is 5. The first-order valence-corrected chi connectivity index (χ1v) is 7.86. The van der Waals surface area contributed by atoms with Crippen LogP contribution in [0.15, 0.2) is 48.5 Å². The summed E-state index contributed by atoms with van der Waals surface area (Å²) >= 11 is 0. The fourth-order valence-electron chi connectivity index (χ4n) is 2.00. The predicted molar refractivity (Wildman–Crippen MR) is 93.9 cm³/mol. The third kappa shape index (κ3) is 6.55. The van der Waals surface area contributed by atoms with E-state index in [1.54, 1.807) is 31.4 Å². The van der Waals surface area contributed by atoms with Crippen molar-refractivity contribution in [3.63, 3.8) is 0 Å². The SMILES string of the molecule is COc1cccc(NC(=O)COC(=O)CCOc2ccc(C)cc2)c1. The molecule has 2 aromatic carbocycles. The van der Waals surface area contributed by atoms with Crippen LogP contribution in [0.2, 0.25) is 0 Å². The highest BCUT2D eigenvalue weighted by Gasteiger charge is 2.09. The number of aryl methyl sites for hydroxylation is 1. The van der Waals surface area contributed by atoms with Gasteiger partial charge in [0.2, 0.25) is 0 Å². The average Bonchev–Trinajstić information content (AvgIpc) is 2.62. The van der Waals surface area contributed by atoms with E-state index in [1.165, 1.54) is 0 Å². The molecule has 0 aliphatic heterocycles. The number of amides is 1. The lowest BCUT2D eigenvalue weighted by Crippen LogP contribution is -2.21. The van der Waals surface area contributed by atoms with Gasteiger partial charge >= 0.3 is 5.97 Å². The number of hydrogen-bond donors (Lipinski definition) is 1. The lowest BCUT2D eigenvalue weighted by atomic mass is 10.2. The van der Waals surface area contributed by atoms with Crippen LogP contribution >= 0.6 is 0 Å². The Morgan fingerprint density at radius 2 is 1.80 bits per heavy atom. The van der Waals surface area contributed by atoms with E-state index in [9.17, 15) is 9.59 Å². The van der Waals surface area contributed by atoms with Crippen molar-refractivity contribution in [3.05, 3.63) is 54.1 Å². The van der Waals surface area contributed by atoms with Crippen molar-refractivity contribution in [1.82, 2.24) is 0 Å². The number of rotatable bonds is 8. The van der Waals surface area contributed by atoms with Crippen LogP contribution in [0.1, 0.15) is 12.0 Å². The third-order valence-electron chi connectivity index (χ3n) is 3.31. The molecular weight excluding hydrogens is 322 g/mol. The summed E-state index contributed by atoms with van der Waals surface area (Å²) in [5, 5.41) is 2.63. The fourth-order valence-corrected chi connectivity index (χ4v) is 2.00. The lowest BCUT2D eigenvalue weighted by molar-refractivity contribution is -0.147. The molecular formula is C19H21NO5. The van der Waals surface area contributed by atoms with Crippen LogP contribution < -0.4 is 14.8 Å². The van der Waals surface area contributed by atoms with E-state index in [0.717, 1.165) is 5.56 Å². The smallest absolute Gasteiger partial charge is 0.309 e. The maximum absolute atomic E-state index is 11.8. The van der Waals surface area contributed by atoms with Crippen LogP contribution in [-0.4, -0.2) is 32.2 Å². The molecule has 2 aromatic rings. The molecule has 25 heavy (non-hydrogen) atoms. The molecule has 1 N–H and O–H groups in total. The molecule has 6 nitrogen and oxygen atoms in total. The van der Waals surface area contributed by atoms with Crippen molar-refractivity contribution in [3.8, 4) is 11.5 Å². The van der Waals surface area contributed by atoms with Gasteiger partial charge in [0, 0.05) is 11.8 Å². The largest absolute Gasteiger partial charge is 0.497 e. The van der Waals surface area contributed by atoms with E-state index in [1.807, 2.05) is 31.2 Å². The van der Waals surface area contributed by atoms with Gasteiger partial charge in [-0.1, -0.05) is 23.8 Å². The van der Waals surface area contributed by atoms with Crippen molar-refractivity contribution in [2.45, 2.75) is 13.3 Å². The Labute approximate surface area is 146 Å². The quantitative estimate of drug-likeness (QED) is 0.746. The first-order chi connectivity index (χ1) is 12.1. The van der Waals surface area contributed by atoms with Gasteiger partial charge in [-0.3, -0.25) is 9.59 Å². The summed E-state index contributed by atoms with van der Waals surface area (Å²) in [7, 11) is 1.54. The Morgan fingerprint density at radius 1 is 1.04 bits per heavy atom. The highest BCUT2D eigenvalue weighted by molar-refractivity contribution is 5.92. The van der Waals surface area contributed by atoms with Crippen molar-refractivity contribution >= 4 is 17.6 Å². The standard InChI is InChI=1S/C19H21NO5/c1-14-6-8-16(9-7-14)24-11-10-19(22)25-13-18(21)20-15-4-3-5-17(12-15)23-2/h3-9,12H,10-11,13H2,1-2H3,(H,20,21). The number of nitrogens with one attached hydrogen (secondary N) is 1. The third-order valence-corrected chi connectivity index (χ3v) is 3.31. The predicted octanol–water partition coefficient (Wildman–Crippen LogP) is 2.95. The molecule has 0 unspecified atom stereocenters. The first kappa shape index (κ1) is 18.3. The Kier molecular flexibility index (Phi) is 6.83. The van der Waals surface area contributed by atoms with Crippen LogP contribution in [0.25, 0.3) is 0 Å². The fraction of sp³-hybridized carbons (Fsp3) is 0.263. The molecule has 0 heterocycles. The van der Waals surface area contributed by atoms with E-state index in [4.69, 9.17) is 14.2 Å². The summed E-state index contributed by atoms with van der Waals surface area (Å²) in [6.45, 7) is 1.83. The van der Waals surface area contributed by atoms with Gasteiger partial charge in [0.1, 0.15) is 11.5 Å². The Hall–Kier alpha value is -3.02. The molecule has 1 amide bonds. The minimum atomic E-state index is -0.493. The summed E-state index contributed by atoms with van der Waals surface area (Å²) < 4.78 is 15.4. The molecule has 0 aliphatic carbocycles. The second kappa shape index (κ2) is 9.32. The van der Waals surface area contributed by atoms with Gasteiger partial charge in [0.25, 0.3) is 5.91 Å². The number of ether oxygens (including phenoxy) is 3. The molecule has 0 atom stereocenters. The number of benzene rings is 2. The molecule has 0 fully saturated rings. The zero-order valence-corrected chi connectivity index (χ0v) is 14.3. The number of methoxy groups -OCH3 is 1. The van der Waals surface area contributed by atoms with Crippen LogP contribution in [0.3, 0.4) is 0 Å². The maximum atomic E-state index is 11.8. The van der Waals surface area contributed by atoms with Crippen LogP contribution in [0, 0.1) is 6.92 Å². The van der Waals surface area contributed by atoms with Crippen LogP contribution in [0.5, 0.6) is 11.5 Å². The highest BCUT2D eigenvalue weighted by atomic mass is 16.5. The van der Waals surface area contributed by atoms with E-state index in [0.29, 0.717) is 17.2 Å². The Bertz CT molecular complexity index is 712. The molecule has 2 rings (SSSR count). The van der Waals surface area contributed by atoms with Gasteiger partial charge in [-0.15, -0.1) is 0 Å². The van der Waals surface area contributed by atoms with Crippen molar-refractivity contribution in [2.75, 3.05) is 25.6 Å². The van der Waals surface area contributed by atoms with Gasteiger partial charge in [0.15, 0.2) is 6.61 Å². The number of esters is 1. The van der Waals surface area contributed by atoms with Gasteiger partial charge < -0.3 is 19.5 Å². The minimum Gasteiger partial charge on any atom is -0.497 e. The molecule has 132 valence electrons.